The van der Waals surface area contributed by atoms with Crippen molar-refractivity contribution in [3.63, 3.8) is 0 Å². The van der Waals surface area contributed by atoms with Crippen molar-refractivity contribution in [1.82, 2.24) is 4.98 Å². The average molecular weight is 234 g/mol. The molecule has 1 N–H and O–H groups in total. The van der Waals surface area contributed by atoms with Crippen LogP contribution in [0.1, 0.15) is 5.01 Å². The Labute approximate surface area is 99.1 Å². The minimum atomic E-state index is 0.869. The Morgan fingerprint density at radius 1 is 1.38 bits per heavy atom. The van der Waals surface area contributed by atoms with Crippen LogP contribution in [0.4, 0.5) is 5.69 Å². The lowest BCUT2D eigenvalue weighted by Crippen LogP contribution is -2.05. The van der Waals surface area contributed by atoms with Crippen molar-refractivity contribution < 1.29 is 4.74 Å². The largest absolute Gasteiger partial charge is 0.495 e. The second-order valence-electron chi connectivity index (χ2n) is 3.30. The van der Waals surface area contributed by atoms with Gasteiger partial charge < -0.3 is 10.1 Å². The maximum absolute atomic E-state index is 5.26. The normalized spacial score (nSPS) is 10.1. The molecule has 4 heteroatoms. The van der Waals surface area contributed by atoms with Crippen molar-refractivity contribution in [1.29, 1.82) is 0 Å². The van der Waals surface area contributed by atoms with E-state index in [2.05, 4.69) is 10.3 Å². The van der Waals surface area contributed by atoms with Gasteiger partial charge in [0.25, 0.3) is 0 Å². The number of para-hydroxylation sites is 2. The van der Waals surface area contributed by atoms with Gasteiger partial charge in [-0.3, -0.25) is 0 Å². The number of hydrogen-bond acceptors (Lipinski definition) is 4. The quantitative estimate of drug-likeness (QED) is 0.863. The van der Waals surface area contributed by atoms with E-state index in [1.165, 1.54) is 0 Å². The average Bonchev–Trinajstić information content (AvgIpc) is 2.83. The van der Waals surface area contributed by atoms with E-state index in [4.69, 9.17) is 4.74 Å². The first kappa shape index (κ1) is 11.0. The summed E-state index contributed by atoms with van der Waals surface area (Å²) in [4.78, 5) is 4.24. The minimum Gasteiger partial charge on any atom is -0.495 e. The van der Waals surface area contributed by atoms with Crippen molar-refractivity contribution in [2.45, 2.75) is 6.42 Å². The molecule has 3 nitrogen and oxygen atoms in total. The van der Waals surface area contributed by atoms with Crippen molar-refractivity contribution in [3.05, 3.63) is 40.8 Å². The molecule has 0 amide bonds. The number of nitrogens with one attached hydrogen (secondary N) is 1. The number of rotatable bonds is 5. The van der Waals surface area contributed by atoms with Crippen molar-refractivity contribution >= 4 is 17.0 Å². The summed E-state index contributed by atoms with van der Waals surface area (Å²) < 4.78 is 5.26. The van der Waals surface area contributed by atoms with Crippen LogP contribution in [0.2, 0.25) is 0 Å². The second-order valence-corrected chi connectivity index (χ2v) is 4.28. The summed E-state index contributed by atoms with van der Waals surface area (Å²) in [5, 5.41) is 6.50. The summed E-state index contributed by atoms with van der Waals surface area (Å²) in [6, 6.07) is 7.92. The number of methoxy groups -OCH3 is 1. The highest BCUT2D eigenvalue weighted by molar-refractivity contribution is 7.09. The number of thiazole rings is 1. The zero-order valence-electron chi connectivity index (χ0n) is 9.14. The van der Waals surface area contributed by atoms with Gasteiger partial charge in [-0.15, -0.1) is 11.3 Å². The third kappa shape index (κ3) is 2.73. The predicted octanol–water partition coefficient (Wildman–Crippen LogP) is 2.81. The van der Waals surface area contributed by atoms with Gasteiger partial charge in [0.1, 0.15) is 5.75 Å². The van der Waals surface area contributed by atoms with Crippen LogP contribution < -0.4 is 10.1 Å². The molecular formula is C12H14N2OS. The fourth-order valence-electron chi connectivity index (χ4n) is 1.47. The number of hydrogen-bond donors (Lipinski definition) is 1. The number of ether oxygens (including phenoxy) is 1. The topological polar surface area (TPSA) is 34.1 Å². The molecule has 0 radical (unpaired) electrons. The molecule has 0 fully saturated rings. The maximum Gasteiger partial charge on any atom is 0.141 e. The molecular weight excluding hydrogens is 220 g/mol. The molecule has 0 spiro atoms. The lowest BCUT2D eigenvalue weighted by atomic mass is 10.3. The molecule has 1 heterocycles. The molecule has 1 aromatic carbocycles. The molecule has 0 aliphatic carbocycles. The number of benzene rings is 1. The third-order valence-electron chi connectivity index (χ3n) is 2.24. The van der Waals surface area contributed by atoms with Crippen LogP contribution in [0, 0.1) is 0 Å². The standard InChI is InChI=1S/C12H14N2OS/c1-15-11-5-3-2-4-10(11)13-7-6-12-14-8-9-16-12/h2-5,8-9,13H,6-7H2,1H3. The van der Waals surface area contributed by atoms with Crippen molar-refractivity contribution in [2.75, 3.05) is 19.0 Å². The molecule has 2 aromatic rings. The molecule has 2 rings (SSSR count). The molecule has 0 saturated heterocycles. The fourth-order valence-corrected chi connectivity index (χ4v) is 2.09. The van der Waals surface area contributed by atoms with Gasteiger partial charge in [0.05, 0.1) is 17.8 Å². The molecule has 0 atom stereocenters. The van der Waals surface area contributed by atoms with Crippen LogP contribution in [-0.2, 0) is 6.42 Å². The fraction of sp³-hybridized carbons (Fsp3) is 0.250. The zero-order valence-corrected chi connectivity index (χ0v) is 9.96. The highest BCUT2D eigenvalue weighted by Crippen LogP contribution is 2.22. The summed E-state index contributed by atoms with van der Waals surface area (Å²) in [6.07, 6.45) is 2.78. The van der Waals surface area contributed by atoms with Crippen LogP contribution in [0.15, 0.2) is 35.8 Å². The zero-order chi connectivity index (χ0) is 11.2. The Morgan fingerprint density at radius 3 is 3.00 bits per heavy atom. The molecule has 0 unspecified atom stereocenters. The maximum atomic E-state index is 5.26. The lowest BCUT2D eigenvalue weighted by molar-refractivity contribution is 0.416. The van der Waals surface area contributed by atoms with Crippen LogP contribution >= 0.6 is 11.3 Å². The highest BCUT2D eigenvalue weighted by Gasteiger charge is 2.00. The molecule has 0 aliphatic heterocycles. The van der Waals surface area contributed by atoms with Gasteiger partial charge in [0.15, 0.2) is 0 Å². The van der Waals surface area contributed by atoms with Crippen LogP contribution in [0.3, 0.4) is 0 Å². The van der Waals surface area contributed by atoms with E-state index in [1.807, 2.05) is 35.8 Å². The molecule has 1 aromatic heterocycles. The smallest absolute Gasteiger partial charge is 0.141 e. The third-order valence-corrected chi connectivity index (χ3v) is 3.08. The van der Waals surface area contributed by atoms with Gasteiger partial charge in [0.2, 0.25) is 0 Å². The van der Waals surface area contributed by atoms with Crippen LogP contribution in [-0.4, -0.2) is 18.6 Å². The Morgan fingerprint density at radius 2 is 2.25 bits per heavy atom. The molecule has 84 valence electrons. The molecule has 0 bridgehead atoms. The van der Waals surface area contributed by atoms with Gasteiger partial charge in [0, 0.05) is 24.5 Å². The van der Waals surface area contributed by atoms with E-state index in [-0.39, 0.29) is 0 Å². The predicted molar refractivity (Wildman–Crippen MR) is 67.3 cm³/mol. The first-order chi connectivity index (χ1) is 7.90. The summed E-state index contributed by atoms with van der Waals surface area (Å²) in [5.74, 6) is 0.877. The lowest BCUT2D eigenvalue weighted by Gasteiger charge is -2.09. The molecule has 0 saturated carbocycles. The number of aromatic nitrogens is 1. The summed E-state index contributed by atoms with van der Waals surface area (Å²) in [6.45, 7) is 0.869. The summed E-state index contributed by atoms with van der Waals surface area (Å²) in [7, 11) is 1.68. The van der Waals surface area contributed by atoms with Crippen LogP contribution in [0.25, 0.3) is 0 Å². The Hall–Kier alpha value is -1.55. The first-order valence-corrected chi connectivity index (χ1v) is 6.03. The van der Waals surface area contributed by atoms with Crippen molar-refractivity contribution in [2.24, 2.45) is 0 Å². The van der Waals surface area contributed by atoms with Gasteiger partial charge >= 0.3 is 0 Å². The van der Waals surface area contributed by atoms with Crippen molar-refractivity contribution in [3.8, 4) is 5.75 Å². The summed E-state index contributed by atoms with van der Waals surface area (Å²) >= 11 is 1.69. The Bertz CT molecular complexity index is 428. The van der Waals surface area contributed by atoms with Gasteiger partial charge in [-0.1, -0.05) is 12.1 Å². The Balaban J connectivity index is 1.89. The number of nitrogens with zero attached hydrogens (tertiary/aromatic N) is 1. The van der Waals surface area contributed by atoms with E-state index in [0.29, 0.717) is 0 Å². The Kier molecular flexibility index (Phi) is 3.77. The number of anilines is 1. The van der Waals surface area contributed by atoms with E-state index in [1.54, 1.807) is 18.4 Å². The van der Waals surface area contributed by atoms with Crippen LogP contribution in [0.5, 0.6) is 5.75 Å². The molecule has 0 aliphatic rings. The SMILES string of the molecule is COc1ccccc1NCCc1nccs1. The van der Waals surface area contributed by atoms with E-state index in [9.17, 15) is 0 Å². The van der Waals surface area contributed by atoms with E-state index in [0.717, 1.165) is 29.4 Å². The van der Waals surface area contributed by atoms with E-state index >= 15 is 0 Å². The van der Waals surface area contributed by atoms with Gasteiger partial charge in [-0.05, 0) is 12.1 Å². The second kappa shape index (κ2) is 5.51. The monoisotopic (exact) mass is 234 g/mol. The minimum absolute atomic E-state index is 0.869. The van der Waals surface area contributed by atoms with Gasteiger partial charge in [-0.25, -0.2) is 4.98 Å². The van der Waals surface area contributed by atoms with Gasteiger partial charge in [-0.2, -0.15) is 0 Å². The highest BCUT2D eigenvalue weighted by atomic mass is 32.1. The molecule has 16 heavy (non-hydrogen) atoms. The van der Waals surface area contributed by atoms with E-state index < -0.39 is 0 Å². The first-order valence-electron chi connectivity index (χ1n) is 5.15. The summed E-state index contributed by atoms with van der Waals surface area (Å²) in [5.41, 5.74) is 1.03.